The summed E-state index contributed by atoms with van der Waals surface area (Å²) in [7, 11) is -2.97. The van der Waals surface area contributed by atoms with Crippen LogP contribution in [0.5, 0.6) is 0 Å². The number of hydrogen-bond donors (Lipinski definition) is 1. The lowest BCUT2D eigenvalue weighted by molar-refractivity contribution is -0.120. The van der Waals surface area contributed by atoms with Gasteiger partial charge in [-0.2, -0.15) is 5.10 Å². The van der Waals surface area contributed by atoms with Gasteiger partial charge in [0.1, 0.15) is 0 Å². The predicted molar refractivity (Wildman–Crippen MR) is 126 cm³/mol. The Hall–Kier alpha value is -2.92. The molecule has 11 heteroatoms. The van der Waals surface area contributed by atoms with Crippen LogP contribution in [0.15, 0.2) is 30.6 Å². The first-order valence-electron chi connectivity index (χ1n) is 11.5. The van der Waals surface area contributed by atoms with E-state index in [4.69, 9.17) is 4.74 Å². The Kier molecular flexibility index (Phi) is 5.85. The smallest absolute Gasteiger partial charge is 0.411 e. The van der Waals surface area contributed by atoms with Crippen LogP contribution in [0.2, 0.25) is 0 Å². The number of aromatic nitrogens is 2. The SMILES string of the molecule is C[C@H]1CN(C(=O)O)c2cc(-c3cnn(C4CS(=O)(=O)C4)c3)ccc2N1C(=O)CC1CCOCC1. The van der Waals surface area contributed by atoms with Crippen LogP contribution in [-0.4, -0.2) is 72.6 Å². The van der Waals surface area contributed by atoms with Crippen molar-refractivity contribution in [1.82, 2.24) is 9.78 Å². The fourth-order valence-corrected chi connectivity index (χ4v) is 6.42. The number of amides is 2. The average Bonchev–Trinajstić information content (AvgIpc) is 3.27. The van der Waals surface area contributed by atoms with Gasteiger partial charge in [-0.3, -0.25) is 14.4 Å². The zero-order valence-electron chi connectivity index (χ0n) is 19.0. The molecule has 0 radical (unpaired) electrons. The van der Waals surface area contributed by atoms with Gasteiger partial charge in [-0.1, -0.05) is 6.07 Å². The third kappa shape index (κ3) is 4.29. The van der Waals surface area contributed by atoms with E-state index in [1.54, 1.807) is 34.1 Å². The number of sulfone groups is 1. The van der Waals surface area contributed by atoms with Gasteiger partial charge in [0.25, 0.3) is 0 Å². The topological polar surface area (TPSA) is 122 Å². The van der Waals surface area contributed by atoms with E-state index in [0.717, 1.165) is 24.0 Å². The fourth-order valence-electron chi connectivity index (χ4n) is 5.04. The summed E-state index contributed by atoms with van der Waals surface area (Å²) in [6.07, 6.45) is 4.49. The molecule has 0 aliphatic carbocycles. The molecule has 2 saturated heterocycles. The fraction of sp³-hybridized carbons (Fsp3) is 0.522. The molecular weight excluding hydrogens is 460 g/mol. The monoisotopic (exact) mass is 488 g/mol. The van der Waals surface area contributed by atoms with Gasteiger partial charge < -0.3 is 14.7 Å². The first kappa shape index (κ1) is 22.9. The molecule has 4 heterocycles. The number of anilines is 2. The number of carbonyl (C=O) groups excluding carboxylic acids is 1. The van der Waals surface area contributed by atoms with Crippen molar-refractivity contribution in [3.63, 3.8) is 0 Å². The van der Waals surface area contributed by atoms with Crippen molar-refractivity contribution in [3.05, 3.63) is 30.6 Å². The van der Waals surface area contributed by atoms with E-state index in [1.165, 1.54) is 4.90 Å². The Morgan fingerprint density at radius 2 is 1.88 bits per heavy atom. The summed E-state index contributed by atoms with van der Waals surface area (Å²) < 4.78 is 30.1. The Bertz CT molecular complexity index is 1210. The number of fused-ring (bicyclic) bond motifs is 1. The standard InChI is InChI=1S/C23H28N4O6S/c1-15-11-25(23(29)30)21-9-17(18-10-24-26(12-18)19-13-34(31,32)14-19)2-3-20(21)27(15)22(28)8-16-4-6-33-7-5-16/h2-3,9-10,12,15-16,19H,4-8,11,13-14H2,1H3,(H,29,30)/t15-/m0/s1. The molecule has 0 unspecified atom stereocenters. The number of ether oxygens (including phenoxy) is 1. The van der Waals surface area contributed by atoms with Crippen LogP contribution in [0.4, 0.5) is 16.2 Å². The van der Waals surface area contributed by atoms with Crippen LogP contribution < -0.4 is 9.80 Å². The Balaban J connectivity index is 1.44. The van der Waals surface area contributed by atoms with Crippen LogP contribution in [0, 0.1) is 5.92 Å². The third-order valence-electron chi connectivity index (χ3n) is 6.92. The van der Waals surface area contributed by atoms with Crippen molar-refractivity contribution in [2.45, 2.75) is 38.3 Å². The molecule has 1 atom stereocenters. The Labute approximate surface area is 198 Å². The highest BCUT2D eigenvalue weighted by atomic mass is 32.2. The van der Waals surface area contributed by atoms with Crippen molar-refractivity contribution in [1.29, 1.82) is 0 Å². The first-order valence-corrected chi connectivity index (χ1v) is 13.3. The van der Waals surface area contributed by atoms with E-state index in [-0.39, 0.29) is 42.0 Å². The molecule has 10 nitrogen and oxygen atoms in total. The molecule has 182 valence electrons. The molecule has 2 fully saturated rings. The highest BCUT2D eigenvalue weighted by molar-refractivity contribution is 7.92. The normalized spacial score (nSPS) is 22.8. The summed E-state index contributed by atoms with van der Waals surface area (Å²) in [5.74, 6) is 0.424. The Morgan fingerprint density at radius 1 is 1.15 bits per heavy atom. The van der Waals surface area contributed by atoms with E-state index in [1.807, 2.05) is 13.0 Å². The van der Waals surface area contributed by atoms with Crippen LogP contribution in [0.3, 0.4) is 0 Å². The minimum Gasteiger partial charge on any atom is -0.465 e. The number of rotatable bonds is 4. The largest absolute Gasteiger partial charge is 0.465 e. The van der Waals surface area contributed by atoms with E-state index >= 15 is 0 Å². The van der Waals surface area contributed by atoms with Gasteiger partial charge in [0, 0.05) is 37.9 Å². The number of carboxylic acid groups (broad SMARTS) is 1. The van der Waals surface area contributed by atoms with Crippen molar-refractivity contribution in [2.24, 2.45) is 5.92 Å². The number of hydrogen-bond acceptors (Lipinski definition) is 6. The highest BCUT2D eigenvalue weighted by Crippen LogP contribution is 2.40. The van der Waals surface area contributed by atoms with Crippen LogP contribution in [-0.2, 0) is 19.4 Å². The zero-order valence-corrected chi connectivity index (χ0v) is 19.8. The van der Waals surface area contributed by atoms with E-state index in [9.17, 15) is 23.1 Å². The minimum atomic E-state index is -2.97. The molecule has 34 heavy (non-hydrogen) atoms. The maximum absolute atomic E-state index is 13.3. The molecule has 0 bridgehead atoms. The van der Waals surface area contributed by atoms with Crippen molar-refractivity contribution >= 4 is 33.2 Å². The molecular formula is C23H28N4O6S. The number of nitrogens with zero attached hydrogens (tertiary/aromatic N) is 4. The third-order valence-corrected chi connectivity index (χ3v) is 8.70. The summed E-state index contributed by atoms with van der Waals surface area (Å²) in [4.78, 5) is 28.4. The second kappa shape index (κ2) is 8.70. The minimum absolute atomic E-state index is 0.00236. The number of benzene rings is 1. The van der Waals surface area contributed by atoms with Crippen LogP contribution in [0.1, 0.15) is 32.2 Å². The van der Waals surface area contributed by atoms with E-state index < -0.39 is 15.9 Å². The summed E-state index contributed by atoms with van der Waals surface area (Å²) >= 11 is 0. The maximum Gasteiger partial charge on any atom is 0.411 e. The second-order valence-corrected chi connectivity index (χ2v) is 11.6. The molecule has 2 aromatic rings. The van der Waals surface area contributed by atoms with Crippen LogP contribution >= 0.6 is 0 Å². The van der Waals surface area contributed by atoms with Gasteiger partial charge in [-0.15, -0.1) is 0 Å². The molecule has 5 rings (SSSR count). The van der Waals surface area contributed by atoms with Crippen molar-refractivity contribution in [3.8, 4) is 11.1 Å². The molecule has 1 aromatic carbocycles. The molecule has 3 aliphatic heterocycles. The van der Waals surface area contributed by atoms with Crippen molar-refractivity contribution in [2.75, 3.05) is 41.1 Å². The summed E-state index contributed by atoms with van der Waals surface area (Å²) in [5, 5.41) is 14.2. The first-order chi connectivity index (χ1) is 16.2. The van der Waals surface area contributed by atoms with Gasteiger partial charge in [0.05, 0.1) is 41.2 Å². The molecule has 1 aromatic heterocycles. The lowest BCUT2D eigenvalue weighted by Gasteiger charge is -2.40. The van der Waals surface area contributed by atoms with E-state index in [0.29, 0.717) is 31.0 Å². The quantitative estimate of drug-likeness (QED) is 0.702. The van der Waals surface area contributed by atoms with Crippen LogP contribution in [0.25, 0.3) is 11.1 Å². The van der Waals surface area contributed by atoms with Gasteiger partial charge in [-0.05, 0) is 43.4 Å². The lowest BCUT2D eigenvalue weighted by atomic mass is 9.94. The zero-order chi connectivity index (χ0) is 24.0. The Morgan fingerprint density at radius 3 is 2.56 bits per heavy atom. The maximum atomic E-state index is 13.3. The molecule has 1 N–H and O–H groups in total. The van der Waals surface area contributed by atoms with Gasteiger partial charge >= 0.3 is 6.09 Å². The van der Waals surface area contributed by atoms with Gasteiger partial charge in [0.2, 0.25) is 5.91 Å². The number of carbonyl (C=O) groups is 2. The van der Waals surface area contributed by atoms with Gasteiger partial charge in [-0.25, -0.2) is 13.2 Å². The van der Waals surface area contributed by atoms with E-state index in [2.05, 4.69) is 5.10 Å². The lowest BCUT2D eigenvalue weighted by Crippen LogP contribution is -2.52. The van der Waals surface area contributed by atoms with Crippen molar-refractivity contribution < 1.29 is 27.9 Å². The molecule has 3 aliphatic rings. The molecule has 0 spiro atoms. The predicted octanol–water partition coefficient (Wildman–Crippen LogP) is 2.56. The highest BCUT2D eigenvalue weighted by Gasteiger charge is 2.37. The molecule has 0 saturated carbocycles. The molecule has 2 amide bonds. The summed E-state index contributed by atoms with van der Waals surface area (Å²) in [6, 6.07) is 4.95. The summed E-state index contributed by atoms with van der Waals surface area (Å²) in [6.45, 7) is 3.39. The second-order valence-electron chi connectivity index (χ2n) is 9.41. The summed E-state index contributed by atoms with van der Waals surface area (Å²) in [5.41, 5.74) is 2.56. The average molecular weight is 489 g/mol. The van der Waals surface area contributed by atoms with Gasteiger partial charge in [0.15, 0.2) is 9.84 Å².